The van der Waals surface area contributed by atoms with E-state index in [0.29, 0.717) is 0 Å². The van der Waals surface area contributed by atoms with Crippen molar-refractivity contribution in [3.63, 3.8) is 0 Å². The van der Waals surface area contributed by atoms with Crippen molar-refractivity contribution in [2.24, 2.45) is 5.41 Å². The van der Waals surface area contributed by atoms with Crippen molar-refractivity contribution in [3.8, 4) is 0 Å². The summed E-state index contributed by atoms with van der Waals surface area (Å²) in [5.74, 6) is 0. The van der Waals surface area contributed by atoms with Gasteiger partial charge in [0.1, 0.15) is 11.1 Å². The van der Waals surface area contributed by atoms with Crippen molar-refractivity contribution in [1.82, 2.24) is 10.3 Å². The molecule has 0 saturated heterocycles. The number of nitrogens with zero attached hydrogens (tertiary/aromatic N) is 1. The zero-order valence-corrected chi connectivity index (χ0v) is 11.6. The largest absolute Gasteiger partial charge is 0.374 e. The fourth-order valence-electron chi connectivity index (χ4n) is 1.60. The molecule has 1 N–H and O–H groups in total. The van der Waals surface area contributed by atoms with Crippen LogP contribution in [0.25, 0.3) is 0 Å². The zero-order chi connectivity index (χ0) is 12.2. The van der Waals surface area contributed by atoms with Gasteiger partial charge in [-0.25, -0.2) is 4.98 Å². The van der Waals surface area contributed by atoms with Crippen molar-refractivity contribution >= 4 is 11.3 Å². The number of aromatic nitrogens is 1. The van der Waals surface area contributed by atoms with Crippen molar-refractivity contribution in [2.45, 2.75) is 40.3 Å². The van der Waals surface area contributed by atoms with Crippen molar-refractivity contribution in [1.29, 1.82) is 0 Å². The van der Waals surface area contributed by atoms with E-state index in [1.807, 2.05) is 0 Å². The molecule has 0 aliphatic carbocycles. The normalized spacial score (nSPS) is 14.1. The fourth-order valence-corrected chi connectivity index (χ4v) is 2.74. The highest BCUT2D eigenvalue weighted by atomic mass is 32.1. The number of hydrogen-bond donors (Lipinski definition) is 1. The summed E-state index contributed by atoms with van der Waals surface area (Å²) < 4.78 is 5.55. The summed E-state index contributed by atoms with van der Waals surface area (Å²) in [5.41, 5.74) is 1.19. The topological polar surface area (TPSA) is 34.1 Å². The van der Waals surface area contributed by atoms with Crippen LogP contribution in [-0.2, 0) is 11.3 Å². The lowest BCUT2D eigenvalue weighted by atomic mass is 9.89. The van der Waals surface area contributed by atoms with E-state index in [-0.39, 0.29) is 11.5 Å². The zero-order valence-electron chi connectivity index (χ0n) is 10.8. The van der Waals surface area contributed by atoms with Crippen LogP contribution in [0.3, 0.4) is 0 Å². The van der Waals surface area contributed by atoms with Gasteiger partial charge in [0.25, 0.3) is 0 Å². The Balaban J connectivity index is 2.75. The molecular formula is C12H22N2OS. The van der Waals surface area contributed by atoms with Crippen LogP contribution in [-0.4, -0.2) is 18.6 Å². The minimum atomic E-state index is 0.0767. The summed E-state index contributed by atoms with van der Waals surface area (Å²) in [5, 5.41) is 6.46. The first-order valence-corrected chi connectivity index (χ1v) is 6.54. The van der Waals surface area contributed by atoms with Gasteiger partial charge in [0.2, 0.25) is 0 Å². The molecule has 1 heterocycles. The third-order valence-electron chi connectivity index (χ3n) is 2.37. The van der Waals surface area contributed by atoms with Gasteiger partial charge >= 0.3 is 0 Å². The van der Waals surface area contributed by atoms with Gasteiger partial charge in [0.05, 0.1) is 5.69 Å². The first-order chi connectivity index (χ1) is 7.49. The van der Waals surface area contributed by atoms with Gasteiger partial charge in [-0.3, -0.25) is 0 Å². The lowest BCUT2D eigenvalue weighted by molar-refractivity contribution is 0.0149. The molecule has 1 aromatic heterocycles. The maximum atomic E-state index is 5.55. The standard InChI is InChI=1S/C12H22N2OS/c1-6-13-7-9-8-16-11(14-9)10(15-5)12(2,3)4/h8,10,13H,6-7H2,1-5H3. The summed E-state index contributed by atoms with van der Waals surface area (Å²) in [6.07, 6.45) is 0.0767. The minimum Gasteiger partial charge on any atom is -0.374 e. The average Bonchev–Trinajstić information content (AvgIpc) is 2.62. The quantitative estimate of drug-likeness (QED) is 0.862. The Morgan fingerprint density at radius 3 is 2.69 bits per heavy atom. The monoisotopic (exact) mass is 242 g/mol. The molecule has 0 amide bonds. The van der Waals surface area contributed by atoms with Crippen LogP contribution in [0.15, 0.2) is 5.38 Å². The molecule has 0 bridgehead atoms. The molecule has 0 spiro atoms. The fraction of sp³-hybridized carbons (Fsp3) is 0.750. The van der Waals surface area contributed by atoms with E-state index in [9.17, 15) is 0 Å². The predicted octanol–water partition coefficient (Wildman–Crippen LogP) is 2.99. The molecule has 0 aliphatic heterocycles. The summed E-state index contributed by atoms with van der Waals surface area (Å²) in [4.78, 5) is 4.62. The molecule has 0 saturated carbocycles. The molecule has 3 nitrogen and oxygen atoms in total. The average molecular weight is 242 g/mol. The van der Waals surface area contributed by atoms with Crippen molar-refractivity contribution < 1.29 is 4.74 Å². The molecule has 1 aromatic rings. The Labute approximate surface area is 102 Å². The molecule has 1 atom stereocenters. The Kier molecular flexibility index (Phi) is 4.89. The van der Waals surface area contributed by atoms with Gasteiger partial charge in [-0.1, -0.05) is 27.7 Å². The number of ether oxygens (including phenoxy) is 1. The minimum absolute atomic E-state index is 0.0767. The lowest BCUT2D eigenvalue weighted by Gasteiger charge is -2.27. The molecule has 92 valence electrons. The lowest BCUT2D eigenvalue weighted by Crippen LogP contribution is -2.20. The van der Waals surface area contributed by atoms with E-state index in [1.165, 1.54) is 0 Å². The highest BCUT2D eigenvalue weighted by molar-refractivity contribution is 7.09. The van der Waals surface area contributed by atoms with Crippen LogP contribution < -0.4 is 5.32 Å². The summed E-state index contributed by atoms with van der Waals surface area (Å²) in [6.45, 7) is 10.4. The maximum absolute atomic E-state index is 5.55. The molecule has 1 rings (SSSR count). The maximum Gasteiger partial charge on any atom is 0.122 e. The molecule has 0 radical (unpaired) electrons. The number of nitrogens with one attached hydrogen (secondary N) is 1. The van der Waals surface area contributed by atoms with Crippen LogP contribution in [0, 0.1) is 5.41 Å². The number of hydrogen-bond acceptors (Lipinski definition) is 4. The van der Waals surface area contributed by atoms with Gasteiger partial charge in [0, 0.05) is 19.0 Å². The molecule has 4 heteroatoms. The smallest absolute Gasteiger partial charge is 0.122 e. The molecule has 1 unspecified atom stereocenters. The van der Waals surface area contributed by atoms with Gasteiger partial charge in [-0.05, 0) is 12.0 Å². The second-order valence-corrected chi connectivity index (χ2v) is 5.83. The summed E-state index contributed by atoms with van der Waals surface area (Å²) >= 11 is 1.68. The van der Waals surface area contributed by atoms with Gasteiger partial charge in [-0.2, -0.15) is 0 Å². The Morgan fingerprint density at radius 1 is 1.50 bits per heavy atom. The predicted molar refractivity (Wildman–Crippen MR) is 68.7 cm³/mol. The van der Waals surface area contributed by atoms with Crippen LogP contribution in [0.1, 0.15) is 44.5 Å². The van der Waals surface area contributed by atoms with Gasteiger partial charge in [-0.15, -0.1) is 11.3 Å². The SMILES string of the molecule is CCNCc1csc(C(OC)C(C)(C)C)n1. The highest BCUT2D eigenvalue weighted by Crippen LogP contribution is 2.36. The second-order valence-electron chi connectivity index (χ2n) is 4.94. The third kappa shape index (κ3) is 3.54. The molecular weight excluding hydrogens is 220 g/mol. The van der Waals surface area contributed by atoms with E-state index < -0.39 is 0 Å². The molecule has 0 aromatic carbocycles. The van der Waals surface area contributed by atoms with Crippen LogP contribution in [0.5, 0.6) is 0 Å². The van der Waals surface area contributed by atoms with E-state index in [1.54, 1.807) is 18.4 Å². The van der Waals surface area contributed by atoms with Crippen LogP contribution in [0.2, 0.25) is 0 Å². The van der Waals surface area contributed by atoms with Crippen molar-refractivity contribution in [2.75, 3.05) is 13.7 Å². The van der Waals surface area contributed by atoms with E-state index in [4.69, 9.17) is 4.74 Å². The third-order valence-corrected chi connectivity index (χ3v) is 3.31. The number of thiazole rings is 1. The van der Waals surface area contributed by atoms with Crippen LogP contribution in [0.4, 0.5) is 0 Å². The molecule has 0 fully saturated rings. The summed E-state index contributed by atoms with van der Waals surface area (Å²) in [7, 11) is 1.75. The Hall–Kier alpha value is -0.450. The molecule has 0 aliphatic rings. The Morgan fingerprint density at radius 2 is 2.19 bits per heavy atom. The second kappa shape index (κ2) is 5.75. The number of methoxy groups -OCH3 is 1. The first-order valence-electron chi connectivity index (χ1n) is 5.66. The van der Waals surface area contributed by atoms with Crippen molar-refractivity contribution in [3.05, 3.63) is 16.1 Å². The summed E-state index contributed by atoms with van der Waals surface area (Å²) in [6, 6.07) is 0. The number of rotatable bonds is 5. The van der Waals surface area contributed by atoms with Crippen LogP contribution >= 0.6 is 11.3 Å². The highest BCUT2D eigenvalue weighted by Gasteiger charge is 2.28. The van der Waals surface area contributed by atoms with Gasteiger partial charge < -0.3 is 10.1 Å². The van der Waals surface area contributed by atoms with E-state index in [0.717, 1.165) is 23.8 Å². The Bertz CT molecular complexity index is 317. The molecule has 16 heavy (non-hydrogen) atoms. The van der Waals surface area contributed by atoms with E-state index >= 15 is 0 Å². The van der Waals surface area contributed by atoms with Gasteiger partial charge in [0.15, 0.2) is 0 Å². The van der Waals surface area contributed by atoms with E-state index in [2.05, 4.69) is 43.4 Å². The first kappa shape index (κ1) is 13.6.